The standard InChI is InChI=1S/C15H25N3O2S/c1-9(14-8-12-5-6-13(14)7-12)17-21(19,20)15-10(2)16-18(4)11(15)3/h9,12-14,17H,5-8H2,1-4H3/t9-,12+,13+,14+/m1/s1. The lowest BCUT2D eigenvalue weighted by atomic mass is 9.84. The molecule has 3 rings (SSSR count). The molecule has 0 aromatic carbocycles. The number of hydrogen-bond acceptors (Lipinski definition) is 3. The van der Waals surface area contributed by atoms with E-state index in [9.17, 15) is 8.42 Å². The topological polar surface area (TPSA) is 64.0 Å². The SMILES string of the molecule is Cc1nn(C)c(C)c1S(=O)(=O)N[C@H](C)[C@@H]1C[C@H]2CC[C@H]1C2. The van der Waals surface area contributed by atoms with Gasteiger partial charge in [-0.2, -0.15) is 5.10 Å². The molecule has 5 nitrogen and oxygen atoms in total. The van der Waals surface area contributed by atoms with Gasteiger partial charge in [-0.1, -0.05) is 6.42 Å². The summed E-state index contributed by atoms with van der Waals surface area (Å²) in [4.78, 5) is 0.347. The Morgan fingerprint density at radius 3 is 2.48 bits per heavy atom. The monoisotopic (exact) mass is 311 g/mol. The lowest BCUT2D eigenvalue weighted by molar-refractivity contribution is 0.280. The van der Waals surface area contributed by atoms with Gasteiger partial charge in [0.05, 0.1) is 11.4 Å². The van der Waals surface area contributed by atoms with E-state index < -0.39 is 10.0 Å². The lowest BCUT2D eigenvalue weighted by Gasteiger charge is -2.28. The summed E-state index contributed by atoms with van der Waals surface area (Å²) in [7, 11) is -1.71. The number of fused-ring (bicyclic) bond motifs is 2. The van der Waals surface area contributed by atoms with Gasteiger partial charge in [-0.25, -0.2) is 13.1 Å². The minimum absolute atomic E-state index is 0.00399. The zero-order valence-corrected chi connectivity index (χ0v) is 14.1. The van der Waals surface area contributed by atoms with Gasteiger partial charge in [0.25, 0.3) is 0 Å². The van der Waals surface area contributed by atoms with Crippen LogP contribution in [0.1, 0.15) is 44.0 Å². The largest absolute Gasteiger partial charge is 0.271 e. The van der Waals surface area contributed by atoms with Crippen molar-refractivity contribution in [2.45, 2.75) is 57.4 Å². The van der Waals surface area contributed by atoms with Crippen LogP contribution in [-0.2, 0) is 17.1 Å². The molecule has 2 fully saturated rings. The molecule has 0 radical (unpaired) electrons. The van der Waals surface area contributed by atoms with Crippen molar-refractivity contribution in [1.82, 2.24) is 14.5 Å². The molecule has 1 aromatic rings. The molecule has 0 aliphatic heterocycles. The van der Waals surface area contributed by atoms with Gasteiger partial charge in [-0.3, -0.25) is 4.68 Å². The van der Waals surface area contributed by atoms with Crippen LogP contribution in [0.15, 0.2) is 4.90 Å². The second-order valence-corrected chi connectivity index (χ2v) is 8.52. The van der Waals surface area contributed by atoms with Crippen LogP contribution in [0, 0.1) is 31.6 Å². The average molecular weight is 311 g/mol. The molecule has 1 heterocycles. The normalized spacial score (nSPS) is 30.0. The van der Waals surface area contributed by atoms with Gasteiger partial charge < -0.3 is 0 Å². The highest BCUT2D eigenvalue weighted by atomic mass is 32.2. The summed E-state index contributed by atoms with van der Waals surface area (Å²) in [6, 6.07) is 0.00399. The predicted molar refractivity (Wildman–Crippen MR) is 81.4 cm³/mol. The molecule has 2 aliphatic rings. The highest BCUT2D eigenvalue weighted by molar-refractivity contribution is 7.89. The van der Waals surface area contributed by atoms with Crippen molar-refractivity contribution < 1.29 is 8.42 Å². The van der Waals surface area contributed by atoms with Crippen LogP contribution in [0.3, 0.4) is 0 Å². The summed E-state index contributed by atoms with van der Waals surface area (Å²) in [6.45, 7) is 5.57. The van der Waals surface area contributed by atoms with Gasteiger partial charge in [0.2, 0.25) is 10.0 Å². The Hall–Kier alpha value is -0.880. The third-order valence-corrected chi connectivity index (χ3v) is 7.30. The van der Waals surface area contributed by atoms with Crippen LogP contribution >= 0.6 is 0 Å². The van der Waals surface area contributed by atoms with Crippen LogP contribution < -0.4 is 4.72 Å². The second-order valence-electron chi connectivity index (χ2n) is 6.87. The number of nitrogens with zero attached hydrogens (tertiary/aromatic N) is 2. The van der Waals surface area contributed by atoms with Gasteiger partial charge in [0.15, 0.2) is 0 Å². The van der Waals surface area contributed by atoms with Crippen molar-refractivity contribution in [3.05, 3.63) is 11.4 Å². The van der Waals surface area contributed by atoms with Gasteiger partial charge in [0, 0.05) is 13.1 Å². The van der Waals surface area contributed by atoms with Crippen LogP contribution in [0.4, 0.5) is 0 Å². The molecule has 21 heavy (non-hydrogen) atoms. The first-order valence-corrected chi connectivity index (χ1v) is 9.30. The Balaban J connectivity index is 1.80. The molecule has 0 spiro atoms. The zero-order chi connectivity index (χ0) is 15.4. The average Bonchev–Trinajstić information content (AvgIpc) is 3.04. The molecule has 2 saturated carbocycles. The van der Waals surface area contributed by atoms with E-state index in [-0.39, 0.29) is 6.04 Å². The predicted octanol–water partition coefficient (Wildman–Crippen LogP) is 2.14. The summed E-state index contributed by atoms with van der Waals surface area (Å²) >= 11 is 0. The van der Waals surface area contributed by atoms with Gasteiger partial charge in [-0.05, 0) is 57.8 Å². The number of aromatic nitrogens is 2. The maximum atomic E-state index is 12.7. The molecule has 2 aliphatic carbocycles. The number of sulfonamides is 1. The first-order chi connectivity index (χ1) is 9.79. The van der Waals surface area contributed by atoms with Crippen molar-refractivity contribution in [2.75, 3.05) is 0 Å². The molecule has 1 aromatic heterocycles. The van der Waals surface area contributed by atoms with Crippen molar-refractivity contribution in [2.24, 2.45) is 24.8 Å². The first kappa shape index (κ1) is 15.0. The van der Waals surface area contributed by atoms with Crippen LogP contribution in [0.5, 0.6) is 0 Å². The fourth-order valence-electron chi connectivity index (χ4n) is 4.44. The third-order valence-electron chi connectivity index (χ3n) is 5.49. The first-order valence-electron chi connectivity index (χ1n) is 7.82. The molecule has 1 N–H and O–H groups in total. The van der Waals surface area contributed by atoms with E-state index in [0.717, 1.165) is 5.92 Å². The van der Waals surface area contributed by atoms with Gasteiger partial charge in [0.1, 0.15) is 4.90 Å². The van der Waals surface area contributed by atoms with E-state index in [1.807, 2.05) is 6.92 Å². The number of rotatable bonds is 4. The number of hydrogen-bond donors (Lipinski definition) is 1. The summed E-state index contributed by atoms with van der Waals surface area (Å²) < 4.78 is 29.9. The van der Waals surface area contributed by atoms with E-state index in [2.05, 4.69) is 9.82 Å². The number of aryl methyl sites for hydroxylation is 2. The van der Waals surface area contributed by atoms with E-state index >= 15 is 0 Å². The molecule has 6 heteroatoms. The maximum absolute atomic E-state index is 12.7. The molecular weight excluding hydrogens is 286 g/mol. The Morgan fingerprint density at radius 1 is 1.29 bits per heavy atom. The van der Waals surface area contributed by atoms with Gasteiger partial charge in [-0.15, -0.1) is 0 Å². The highest BCUT2D eigenvalue weighted by Gasteiger charge is 2.43. The van der Waals surface area contributed by atoms with Crippen molar-refractivity contribution in [3.63, 3.8) is 0 Å². The minimum atomic E-state index is -3.49. The third kappa shape index (κ3) is 2.52. The Morgan fingerprint density at radius 2 is 2.00 bits per heavy atom. The molecule has 0 amide bonds. The molecule has 118 valence electrons. The summed E-state index contributed by atoms with van der Waals surface area (Å²) in [6.07, 6.45) is 5.08. The molecule has 0 saturated heterocycles. The van der Waals surface area contributed by atoms with Crippen LogP contribution in [0.2, 0.25) is 0 Å². The smallest absolute Gasteiger partial charge is 0.244 e. The fourth-order valence-corrected chi connectivity index (χ4v) is 6.17. The van der Waals surface area contributed by atoms with E-state index in [0.29, 0.717) is 28.1 Å². The van der Waals surface area contributed by atoms with Crippen molar-refractivity contribution in [3.8, 4) is 0 Å². The highest BCUT2D eigenvalue weighted by Crippen LogP contribution is 2.49. The molecule has 4 atom stereocenters. The summed E-state index contributed by atoms with van der Waals surface area (Å²) in [5, 5.41) is 4.22. The Kier molecular flexibility index (Phi) is 3.64. The molecule has 2 bridgehead atoms. The molecule has 0 unspecified atom stereocenters. The van der Waals surface area contributed by atoms with E-state index in [1.165, 1.54) is 25.7 Å². The van der Waals surface area contributed by atoms with Crippen molar-refractivity contribution in [1.29, 1.82) is 0 Å². The number of nitrogens with one attached hydrogen (secondary N) is 1. The van der Waals surface area contributed by atoms with Crippen LogP contribution in [-0.4, -0.2) is 24.2 Å². The quantitative estimate of drug-likeness (QED) is 0.926. The van der Waals surface area contributed by atoms with E-state index in [4.69, 9.17) is 0 Å². The van der Waals surface area contributed by atoms with E-state index in [1.54, 1.807) is 25.6 Å². The Bertz CT molecular complexity index is 650. The summed E-state index contributed by atoms with van der Waals surface area (Å²) in [5.74, 6) is 2.04. The van der Waals surface area contributed by atoms with Gasteiger partial charge >= 0.3 is 0 Å². The lowest BCUT2D eigenvalue weighted by Crippen LogP contribution is -2.40. The Labute approximate surface area is 127 Å². The zero-order valence-electron chi connectivity index (χ0n) is 13.3. The summed E-state index contributed by atoms with van der Waals surface area (Å²) in [5.41, 5.74) is 1.27. The van der Waals surface area contributed by atoms with Crippen molar-refractivity contribution >= 4 is 10.0 Å². The second kappa shape index (κ2) is 5.09. The molecular formula is C15H25N3O2S. The maximum Gasteiger partial charge on any atom is 0.244 e. The minimum Gasteiger partial charge on any atom is -0.271 e. The fraction of sp³-hybridized carbons (Fsp3) is 0.800. The van der Waals surface area contributed by atoms with Crippen LogP contribution in [0.25, 0.3) is 0 Å².